The summed E-state index contributed by atoms with van der Waals surface area (Å²) in [6.45, 7) is 2.76. The first-order valence-electron chi connectivity index (χ1n) is 27.7. The molecule has 26 nitrogen and oxygen atoms in total. The molecule has 0 unspecified atom stereocenters. The fraction of sp³-hybridized carbons (Fsp3) is 0.169. The SMILES string of the molecule is C#N.CS(=O)(=O)c1ncnc2c1ncn2[C@@H]1O[C@H](COC(=O)c2ccccc2)[C@@H](OC(=O)c2ccccc2)[C@H]1OC(=O)c1ccccc1.N#Cc1ncnc2c1ncn2[C@@H]1O[C@H](COC(=O)c2ccccc2)[C@@H](OC(=O)c2ccccc2)[C@H]1OC(=O)c1ccccc1. The number of aromatic nitrogens is 8. The van der Waals surface area contributed by atoms with Gasteiger partial charge in [0, 0.05) is 12.8 Å². The molecule has 0 bridgehead atoms. The van der Waals surface area contributed by atoms with Gasteiger partial charge in [-0.1, -0.05) is 109 Å². The maximum absolute atomic E-state index is 13.4. The third kappa shape index (κ3) is 14.3. The number of fused-ring (bicyclic) bond motifs is 2. The van der Waals surface area contributed by atoms with Gasteiger partial charge in [0.15, 0.2) is 68.7 Å². The normalized spacial score (nSPS) is 18.9. The third-order valence-electron chi connectivity index (χ3n) is 14.0. The zero-order valence-corrected chi connectivity index (χ0v) is 49.0. The highest BCUT2D eigenvalue weighted by Crippen LogP contribution is 2.39. The first kappa shape index (κ1) is 63.1. The van der Waals surface area contributed by atoms with E-state index in [4.69, 9.17) is 43.2 Å². The second kappa shape index (κ2) is 28.9. The summed E-state index contributed by atoms with van der Waals surface area (Å²) < 4.78 is 75.2. The van der Waals surface area contributed by atoms with Crippen molar-refractivity contribution in [2.75, 3.05) is 19.5 Å². The van der Waals surface area contributed by atoms with Crippen LogP contribution in [0.25, 0.3) is 22.3 Å². The zero-order valence-electron chi connectivity index (χ0n) is 48.2. The maximum atomic E-state index is 13.4. The van der Waals surface area contributed by atoms with Crippen molar-refractivity contribution >= 4 is 68.0 Å². The number of nitrogens with zero attached hydrogens (tertiary/aromatic N) is 10. The van der Waals surface area contributed by atoms with Crippen molar-refractivity contribution in [3.05, 3.63) is 246 Å². The molecule has 2 aliphatic heterocycles. The van der Waals surface area contributed by atoms with Gasteiger partial charge in [-0.15, -0.1) is 0 Å². The van der Waals surface area contributed by atoms with Crippen LogP contribution in [0.3, 0.4) is 0 Å². The molecular weight excluding hydrogens is 1210 g/mol. The molecule has 27 heteroatoms. The largest absolute Gasteiger partial charge is 0.459 e. The summed E-state index contributed by atoms with van der Waals surface area (Å²) in [7, 11) is -3.80. The molecule has 12 rings (SSSR count). The van der Waals surface area contributed by atoms with Crippen molar-refractivity contribution in [1.29, 1.82) is 10.5 Å². The van der Waals surface area contributed by atoms with Gasteiger partial charge < -0.3 is 37.9 Å². The molecule has 4 aromatic heterocycles. The Morgan fingerprint density at radius 1 is 0.446 bits per heavy atom. The van der Waals surface area contributed by atoms with Crippen LogP contribution in [-0.2, 0) is 47.7 Å². The lowest BCUT2D eigenvalue weighted by Crippen LogP contribution is -2.41. The van der Waals surface area contributed by atoms with Crippen LogP contribution in [0, 0.1) is 23.2 Å². The van der Waals surface area contributed by atoms with E-state index >= 15 is 0 Å². The number of carbonyl (C=O) groups excluding carboxylic acids is 6. The number of ether oxygens (including phenoxy) is 8. The molecule has 462 valence electrons. The quantitative estimate of drug-likeness (QED) is 0.0484. The summed E-state index contributed by atoms with van der Waals surface area (Å²) in [5, 5.41) is 15.7. The Morgan fingerprint density at radius 3 is 1.09 bits per heavy atom. The van der Waals surface area contributed by atoms with E-state index in [0.717, 1.165) is 12.6 Å². The van der Waals surface area contributed by atoms with Gasteiger partial charge in [-0.05, 0) is 72.8 Å². The number of nitriles is 2. The van der Waals surface area contributed by atoms with Crippen LogP contribution in [0.2, 0.25) is 0 Å². The Morgan fingerprint density at radius 2 is 0.750 bits per heavy atom. The number of rotatable bonds is 17. The standard InChI is InChI=1S/C32H23N5O7.C32H26N4O9S.CHN/c33-16-23-25-28(35-18-34-23)37(19-36-25)29-27(44-32(40)22-14-8-3-9-15-22)26(43-31(39)21-12-6-2-7-13-21)24(42-29)17-41-30(38)20-10-4-1-5-11-20;1-46(40,41)28-24-27(33-18-34-28)36(19-35-24)29-26(45-32(39)22-15-9-4-10-16-22)25(44-31(38)21-13-7-3-8-14-21)23(43-29)17-42-30(37)20-11-5-2-6-12-20;1-2/h1-15,18-19,24,26-27,29H,17H2;2-16,18-19,23,25-26,29H,17H2,1H3;1H/t24-,26-,27-,29-;23-,25-,26-,29-;/m11./s1. The summed E-state index contributed by atoms with van der Waals surface area (Å²) in [6, 6.07) is 51.5. The van der Waals surface area contributed by atoms with E-state index in [9.17, 15) is 42.4 Å². The van der Waals surface area contributed by atoms with Crippen molar-refractivity contribution in [2.45, 2.75) is 54.1 Å². The van der Waals surface area contributed by atoms with Gasteiger partial charge in [-0.3, -0.25) is 9.13 Å². The van der Waals surface area contributed by atoms with E-state index in [1.54, 1.807) is 182 Å². The van der Waals surface area contributed by atoms with Crippen molar-refractivity contribution in [3.63, 3.8) is 0 Å². The van der Waals surface area contributed by atoms with Crippen molar-refractivity contribution in [3.8, 4) is 12.6 Å². The van der Waals surface area contributed by atoms with Crippen LogP contribution in [0.1, 0.15) is 80.3 Å². The Kier molecular flexibility index (Phi) is 19.9. The second-order valence-electron chi connectivity index (χ2n) is 19.9. The number of carbonyl (C=O) groups is 6. The molecule has 2 saturated heterocycles. The summed E-state index contributed by atoms with van der Waals surface area (Å²) in [5.41, 5.74) is 2.00. The fourth-order valence-electron chi connectivity index (χ4n) is 9.77. The third-order valence-corrected chi connectivity index (χ3v) is 15.0. The Balaban J connectivity index is 0.000000197. The maximum Gasteiger partial charge on any atom is 0.338 e. The van der Waals surface area contributed by atoms with Crippen molar-refractivity contribution in [2.24, 2.45) is 0 Å². The van der Waals surface area contributed by atoms with E-state index in [-0.39, 0.29) is 67.5 Å². The summed E-state index contributed by atoms with van der Waals surface area (Å²) in [5.74, 6) is -4.18. The Hall–Kier alpha value is -11.9. The molecule has 0 saturated carbocycles. The molecule has 0 amide bonds. The number of benzene rings is 6. The Labute approximate surface area is 523 Å². The summed E-state index contributed by atoms with van der Waals surface area (Å²) in [6.07, 6.45) is -3.90. The number of hydrogen-bond acceptors (Lipinski definition) is 24. The van der Waals surface area contributed by atoms with Crippen LogP contribution >= 0.6 is 0 Å². The second-order valence-corrected chi connectivity index (χ2v) is 21.9. The van der Waals surface area contributed by atoms with Crippen molar-refractivity contribution < 1.29 is 75.1 Å². The van der Waals surface area contributed by atoms with E-state index in [1.165, 1.54) is 28.1 Å². The van der Waals surface area contributed by atoms with E-state index in [2.05, 4.69) is 36.5 Å². The van der Waals surface area contributed by atoms with Crippen LogP contribution < -0.4 is 0 Å². The van der Waals surface area contributed by atoms with Crippen LogP contribution in [0.4, 0.5) is 0 Å². The molecule has 2 fully saturated rings. The molecule has 0 aliphatic carbocycles. The van der Waals surface area contributed by atoms with Gasteiger partial charge >= 0.3 is 35.8 Å². The van der Waals surface area contributed by atoms with Crippen LogP contribution in [0.5, 0.6) is 0 Å². The van der Waals surface area contributed by atoms with E-state index in [1.807, 2.05) is 6.07 Å². The number of imidazole rings is 2. The highest BCUT2D eigenvalue weighted by Gasteiger charge is 2.53. The van der Waals surface area contributed by atoms with Gasteiger partial charge in [0.2, 0.25) is 0 Å². The topological polar surface area (TPSA) is 345 Å². The van der Waals surface area contributed by atoms with Gasteiger partial charge in [-0.25, -0.2) is 72.4 Å². The average Bonchev–Trinajstić information content (AvgIpc) is 1.61. The first-order chi connectivity index (χ1) is 44.7. The van der Waals surface area contributed by atoms with Gasteiger partial charge in [0.1, 0.15) is 55.2 Å². The minimum absolute atomic E-state index is 0.0324. The molecule has 0 N–H and O–H groups in total. The highest BCUT2D eigenvalue weighted by atomic mass is 32.2. The molecule has 92 heavy (non-hydrogen) atoms. The molecule has 6 aromatic carbocycles. The highest BCUT2D eigenvalue weighted by molar-refractivity contribution is 7.90. The minimum atomic E-state index is -3.80. The predicted molar refractivity (Wildman–Crippen MR) is 319 cm³/mol. The van der Waals surface area contributed by atoms with Gasteiger partial charge in [0.05, 0.1) is 46.0 Å². The minimum Gasteiger partial charge on any atom is -0.459 e. The molecule has 0 spiro atoms. The molecule has 10 aromatic rings. The van der Waals surface area contributed by atoms with E-state index in [0.29, 0.717) is 5.56 Å². The monoisotopic (exact) mass is 1260 g/mol. The average molecular weight is 1260 g/mol. The smallest absolute Gasteiger partial charge is 0.338 e. The molecule has 0 radical (unpaired) electrons. The molecule has 6 heterocycles. The zero-order chi connectivity index (χ0) is 64.7. The van der Waals surface area contributed by atoms with Crippen molar-refractivity contribution in [1.82, 2.24) is 39.0 Å². The first-order valence-corrected chi connectivity index (χ1v) is 29.6. The fourth-order valence-corrected chi connectivity index (χ4v) is 10.5. The van der Waals surface area contributed by atoms with Gasteiger partial charge in [-0.2, -0.15) is 5.26 Å². The summed E-state index contributed by atoms with van der Waals surface area (Å²) >= 11 is 0. The lowest BCUT2D eigenvalue weighted by molar-refractivity contribution is -0.0608. The van der Waals surface area contributed by atoms with Crippen LogP contribution in [-0.4, -0.2) is 139 Å². The number of esters is 6. The Bertz CT molecular complexity index is 4450. The number of hydrogen-bond donors (Lipinski definition) is 0. The van der Waals surface area contributed by atoms with Gasteiger partial charge in [0.25, 0.3) is 0 Å². The lowest BCUT2D eigenvalue weighted by Gasteiger charge is -2.25. The molecular formula is C65H50N10O16S. The van der Waals surface area contributed by atoms with E-state index < -0.39 is 101 Å². The summed E-state index contributed by atoms with van der Waals surface area (Å²) in [4.78, 5) is 104. The lowest BCUT2D eigenvalue weighted by atomic mass is 10.1. The molecule has 2 aliphatic rings. The van der Waals surface area contributed by atoms with Crippen LogP contribution in [0.15, 0.2) is 212 Å². The number of sulfone groups is 1. The molecule has 8 atom stereocenters. The predicted octanol–water partition coefficient (Wildman–Crippen LogP) is 7.48.